The van der Waals surface area contributed by atoms with Crippen LogP contribution in [0, 0.1) is 0 Å². The third kappa shape index (κ3) is 3.68. The maximum atomic E-state index is 3.81. The van der Waals surface area contributed by atoms with Gasteiger partial charge in [0.15, 0.2) is 0 Å². The number of halogens is 2. The van der Waals surface area contributed by atoms with Gasteiger partial charge in [-0.1, -0.05) is 135 Å². The van der Waals surface area contributed by atoms with E-state index in [9.17, 15) is 0 Å². The fraction of sp³-hybridized carbons (Fsp3) is 0. The first-order valence-corrected chi connectivity index (χ1v) is 12.8. The lowest BCUT2D eigenvalue weighted by atomic mass is 9.86. The van der Waals surface area contributed by atoms with Crippen molar-refractivity contribution >= 4 is 53.4 Å². The van der Waals surface area contributed by atoms with Crippen molar-refractivity contribution in [3.8, 4) is 33.4 Å². The van der Waals surface area contributed by atoms with Gasteiger partial charge >= 0.3 is 0 Å². The molecule has 162 valence electrons. The minimum Gasteiger partial charge on any atom is -0.0622 e. The fourth-order valence-electron chi connectivity index (χ4n) is 4.88. The van der Waals surface area contributed by atoms with E-state index >= 15 is 0 Å². The van der Waals surface area contributed by atoms with Gasteiger partial charge in [-0.05, 0) is 73.1 Å². The van der Waals surface area contributed by atoms with Crippen LogP contribution < -0.4 is 0 Å². The van der Waals surface area contributed by atoms with Crippen LogP contribution in [-0.4, -0.2) is 0 Å². The van der Waals surface area contributed by atoms with Crippen molar-refractivity contribution in [3.63, 3.8) is 0 Å². The quantitative estimate of drug-likeness (QED) is 0.188. The second-order valence-electron chi connectivity index (χ2n) is 8.41. The number of rotatable bonds is 3. The molecule has 0 nitrogen and oxygen atoms in total. The van der Waals surface area contributed by atoms with Crippen molar-refractivity contribution in [2.75, 3.05) is 0 Å². The van der Waals surface area contributed by atoms with E-state index in [1.807, 2.05) is 0 Å². The smallest absolute Gasteiger partial charge is 0.0254 e. The van der Waals surface area contributed by atoms with Crippen molar-refractivity contribution in [1.29, 1.82) is 0 Å². The topological polar surface area (TPSA) is 0 Å². The zero-order valence-electron chi connectivity index (χ0n) is 18.3. The molecule has 2 heteroatoms. The molecule has 0 aromatic heterocycles. The lowest BCUT2D eigenvalue weighted by Crippen LogP contribution is -1.91. The predicted molar refractivity (Wildman–Crippen MR) is 153 cm³/mol. The van der Waals surface area contributed by atoms with E-state index in [0.29, 0.717) is 0 Å². The third-order valence-corrected chi connectivity index (χ3v) is 7.59. The Balaban J connectivity index is 1.66. The average Bonchev–Trinajstić information content (AvgIpc) is 2.89. The second-order valence-corrected chi connectivity index (χ2v) is 10.2. The van der Waals surface area contributed by atoms with Crippen molar-refractivity contribution < 1.29 is 0 Å². The van der Waals surface area contributed by atoms with Crippen LogP contribution in [-0.2, 0) is 0 Å². The standard InChI is InChI=1S/C32H20Br2/c33-24-18-19-30(34)29(20-24)32-27-12-6-4-10-25(27)31(26-11-5-7-13-28(26)32)23-16-14-22(15-17-23)21-8-2-1-3-9-21/h1-20H. The first-order chi connectivity index (χ1) is 16.7. The summed E-state index contributed by atoms with van der Waals surface area (Å²) >= 11 is 7.49. The first kappa shape index (κ1) is 21.3. The summed E-state index contributed by atoms with van der Waals surface area (Å²) in [5.41, 5.74) is 7.41. The molecule has 0 aliphatic heterocycles. The van der Waals surface area contributed by atoms with Crippen LogP contribution in [0.4, 0.5) is 0 Å². The van der Waals surface area contributed by atoms with Crippen molar-refractivity contribution in [2.24, 2.45) is 0 Å². The summed E-state index contributed by atoms with van der Waals surface area (Å²) in [4.78, 5) is 0. The Morgan fingerprint density at radius 1 is 0.382 bits per heavy atom. The minimum atomic E-state index is 1.07. The summed E-state index contributed by atoms with van der Waals surface area (Å²) in [6.07, 6.45) is 0. The molecule has 6 aromatic rings. The molecule has 6 aromatic carbocycles. The summed E-state index contributed by atoms with van der Waals surface area (Å²) in [7, 11) is 0. The van der Waals surface area contributed by atoms with E-state index in [1.54, 1.807) is 0 Å². The van der Waals surface area contributed by atoms with E-state index in [2.05, 4.69) is 153 Å². The van der Waals surface area contributed by atoms with Crippen molar-refractivity contribution in [3.05, 3.63) is 130 Å². The lowest BCUT2D eigenvalue weighted by molar-refractivity contribution is 1.58. The highest BCUT2D eigenvalue weighted by Crippen LogP contribution is 2.45. The fourth-order valence-corrected chi connectivity index (χ4v) is 5.68. The molecule has 0 spiro atoms. The largest absolute Gasteiger partial charge is 0.0622 e. The molecular weight excluding hydrogens is 544 g/mol. The summed E-state index contributed by atoms with van der Waals surface area (Å²) in [5.74, 6) is 0. The van der Waals surface area contributed by atoms with Crippen molar-refractivity contribution in [2.45, 2.75) is 0 Å². The molecule has 0 heterocycles. The Labute approximate surface area is 216 Å². The monoisotopic (exact) mass is 562 g/mol. The molecule has 34 heavy (non-hydrogen) atoms. The van der Waals surface area contributed by atoms with Crippen molar-refractivity contribution in [1.82, 2.24) is 0 Å². The molecule has 0 atom stereocenters. The highest BCUT2D eigenvalue weighted by molar-refractivity contribution is 9.11. The zero-order valence-corrected chi connectivity index (χ0v) is 21.5. The minimum absolute atomic E-state index is 1.07. The molecule has 0 saturated heterocycles. The average molecular weight is 564 g/mol. The van der Waals surface area contributed by atoms with E-state index in [1.165, 1.54) is 54.9 Å². The molecule has 0 bridgehead atoms. The van der Waals surface area contributed by atoms with Gasteiger partial charge < -0.3 is 0 Å². The van der Waals surface area contributed by atoms with Crippen LogP contribution >= 0.6 is 31.9 Å². The molecule has 0 N–H and O–H groups in total. The molecule has 0 radical (unpaired) electrons. The van der Waals surface area contributed by atoms with Gasteiger partial charge in [-0.15, -0.1) is 0 Å². The van der Waals surface area contributed by atoms with Crippen LogP contribution in [0.3, 0.4) is 0 Å². The van der Waals surface area contributed by atoms with Gasteiger partial charge in [0, 0.05) is 8.95 Å². The number of hydrogen-bond acceptors (Lipinski definition) is 0. The molecule has 0 unspecified atom stereocenters. The van der Waals surface area contributed by atoms with Gasteiger partial charge in [0.05, 0.1) is 0 Å². The van der Waals surface area contributed by atoms with Gasteiger partial charge in [-0.25, -0.2) is 0 Å². The third-order valence-electron chi connectivity index (χ3n) is 6.41. The predicted octanol–water partition coefficient (Wildman–Crippen LogP) is 10.5. The molecular formula is C32H20Br2. The summed E-state index contributed by atoms with van der Waals surface area (Å²) in [6, 6.07) is 43.4. The zero-order chi connectivity index (χ0) is 23.1. The Morgan fingerprint density at radius 3 is 1.44 bits per heavy atom. The Kier molecular flexibility index (Phi) is 5.57. The van der Waals surface area contributed by atoms with Crippen LogP contribution in [0.15, 0.2) is 130 Å². The second kappa shape index (κ2) is 8.87. The van der Waals surface area contributed by atoms with E-state index in [0.717, 1.165) is 8.95 Å². The van der Waals surface area contributed by atoms with Gasteiger partial charge in [0.25, 0.3) is 0 Å². The van der Waals surface area contributed by atoms with Crippen LogP contribution in [0.1, 0.15) is 0 Å². The maximum Gasteiger partial charge on any atom is 0.0254 e. The maximum absolute atomic E-state index is 3.81. The number of fused-ring (bicyclic) bond motifs is 2. The molecule has 0 saturated carbocycles. The van der Waals surface area contributed by atoms with E-state index in [4.69, 9.17) is 0 Å². The molecule has 0 aliphatic rings. The Hall–Kier alpha value is -3.20. The summed E-state index contributed by atoms with van der Waals surface area (Å²) in [6.45, 7) is 0. The van der Waals surface area contributed by atoms with Gasteiger partial charge in [-0.2, -0.15) is 0 Å². The normalized spacial score (nSPS) is 11.2. The van der Waals surface area contributed by atoms with Gasteiger partial charge in [0.2, 0.25) is 0 Å². The molecule has 0 aliphatic carbocycles. The van der Waals surface area contributed by atoms with Gasteiger partial charge in [0.1, 0.15) is 0 Å². The SMILES string of the molecule is Brc1ccc(Br)c(-c2c3ccccc3c(-c3ccc(-c4ccccc4)cc3)c3ccccc23)c1. The lowest BCUT2D eigenvalue weighted by Gasteiger charge is -2.18. The van der Waals surface area contributed by atoms with Crippen LogP contribution in [0.5, 0.6) is 0 Å². The number of benzene rings is 6. The van der Waals surface area contributed by atoms with Gasteiger partial charge in [-0.3, -0.25) is 0 Å². The summed E-state index contributed by atoms with van der Waals surface area (Å²) < 4.78 is 2.16. The highest BCUT2D eigenvalue weighted by Gasteiger charge is 2.18. The Bertz CT molecular complexity index is 1590. The molecule has 0 fully saturated rings. The summed E-state index contributed by atoms with van der Waals surface area (Å²) in [5, 5.41) is 5.02. The van der Waals surface area contributed by atoms with E-state index < -0.39 is 0 Å². The van der Waals surface area contributed by atoms with Crippen LogP contribution in [0.2, 0.25) is 0 Å². The van der Waals surface area contributed by atoms with E-state index in [-0.39, 0.29) is 0 Å². The first-order valence-electron chi connectivity index (χ1n) is 11.3. The number of hydrogen-bond donors (Lipinski definition) is 0. The van der Waals surface area contributed by atoms with Crippen LogP contribution in [0.25, 0.3) is 54.9 Å². The highest BCUT2D eigenvalue weighted by atomic mass is 79.9. The molecule has 0 amide bonds. The molecule has 6 rings (SSSR count). The Morgan fingerprint density at radius 2 is 0.853 bits per heavy atom.